The summed E-state index contributed by atoms with van der Waals surface area (Å²) in [6.45, 7) is 9.80. The highest BCUT2D eigenvalue weighted by molar-refractivity contribution is 7.89. The van der Waals surface area contributed by atoms with Crippen LogP contribution < -0.4 is 15.4 Å². The molecule has 0 unspecified atom stereocenters. The van der Waals surface area contributed by atoms with Gasteiger partial charge in [0.05, 0.1) is 4.90 Å². The summed E-state index contributed by atoms with van der Waals surface area (Å²) in [6, 6.07) is 6.85. The zero-order valence-corrected chi connectivity index (χ0v) is 19.5. The van der Waals surface area contributed by atoms with E-state index in [4.69, 9.17) is 9.73 Å². The number of guanidine groups is 1. The Bertz CT molecular complexity index is 757. The van der Waals surface area contributed by atoms with E-state index in [0.717, 1.165) is 44.2 Å². The van der Waals surface area contributed by atoms with E-state index in [1.807, 2.05) is 20.8 Å². The minimum atomic E-state index is -3.50. The first-order chi connectivity index (χ1) is 14.4. The van der Waals surface area contributed by atoms with Gasteiger partial charge in [-0.2, -0.15) is 0 Å². The molecule has 8 heteroatoms. The van der Waals surface area contributed by atoms with Crippen molar-refractivity contribution >= 4 is 16.0 Å². The van der Waals surface area contributed by atoms with Crippen molar-refractivity contribution in [3.05, 3.63) is 29.8 Å². The number of hydrogen-bond acceptors (Lipinski definition) is 4. The Morgan fingerprint density at radius 3 is 2.43 bits per heavy atom. The molecule has 0 aliphatic heterocycles. The van der Waals surface area contributed by atoms with E-state index in [2.05, 4.69) is 15.4 Å². The summed E-state index contributed by atoms with van der Waals surface area (Å²) in [5.41, 5.74) is 1.26. The fraction of sp³-hybridized carbons (Fsp3) is 0.682. The van der Waals surface area contributed by atoms with Gasteiger partial charge in [-0.05, 0) is 57.6 Å². The van der Waals surface area contributed by atoms with Crippen LogP contribution >= 0.6 is 0 Å². The third kappa shape index (κ3) is 7.89. The number of benzene rings is 1. The average Bonchev–Trinajstić information content (AvgIpc) is 3.19. The smallest absolute Gasteiger partial charge is 0.240 e. The van der Waals surface area contributed by atoms with E-state index in [9.17, 15) is 8.42 Å². The van der Waals surface area contributed by atoms with Gasteiger partial charge in [-0.3, -0.25) is 4.99 Å². The lowest BCUT2D eigenvalue weighted by atomic mass is 9.83. The van der Waals surface area contributed by atoms with E-state index in [0.29, 0.717) is 6.54 Å². The van der Waals surface area contributed by atoms with Crippen molar-refractivity contribution in [3.8, 4) is 0 Å². The first kappa shape index (κ1) is 24.6. The van der Waals surface area contributed by atoms with Crippen molar-refractivity contribution in [2.24, 2.45) is 10.4 Å². The van der Waals surface area contributed by atoms with E-state index in [-0.39, 0.29) is 16.9 Å². The number of aryl methyl sites for hydroxylation is 1. The second kappa shape index (κ2) is 12.3. The quantitative estimate of drug-likeness (QED) is 0.265. The maximum Gasteiger partial charge on any atom is 0.240 e. The molecule has 0 bridgehead atoms. The molecule has 7 nitrogen and oxygen atoms in total. The largest absolute Gasteiger partial charge is 0.382 e. The molecular weight excluding hydrogens is 400 g/mol. The van der Waals surface area contributed by atoms with Gasteiger partial charge in [-0.1, -0.05) is 30.5 Å². The summed E-state index contributed by atoms with van der Waals surface area (Å²) in [4.78, 5) is 5.09. The van der Waals surface area contributed by atoms with E-state index in [1.165, 1.54) is 25.7 Å². The van der Waals surface area contributed by atoms with Crippen molar-refractivity contribution in [3.63, 3.8) is 0 Å². The molecule has 0 atom stereocenters. The van der Waals surface area contributed by atoms with Gasteiger partial charge in [-0.25, -0.2) is 13.1 Å². The molecule has 1 saturated carbocycles. The lowest BCUT2D eigenvalue weighted by Gasteiger charge is -2.27. The molecule has 1 aromatic carbocycles. The van der Waals surface area contributed by atoms with E-state index in [1.54, 1.807) is 24.3 Å². The first-order valence-corrected chi connectivity index (χ1v) is 12.6. The molecule has 0 aromatic heterocycles. The Morgan fingerprint density at radius 2 is 1.80 bits per heavy atom. The molecule has 3 N–H and O–H groups in total. The number of hydrogen-bond donors (Lipinski definition) is 3. The number of nitrogens with zero attached hydrogens (tertiary/aromatic N) is 1. The van der Waals surface area contributed by atoms with Crippen molar-refractivity contribution in [2.75, 3.05) is 39.4 Å². The normalized spacial score (nSPS) is 16.6. The molecule has 1 aliphatic carbocycles. The summed E-state index contributed by atoms with van der Waals surface area (Å²) >= 11 is 0. The third-order valence-electron chi connectivity index (χ3n) is 5.60. The zero-order chi connectivity index (χ0) is 21.9. The van der Waals surface area contributed by atoms with Crippen LogP contribution in [-0.2, 0) is 14.8 Å². The van der Waals surface area contributed by atoms with Crippen LogP contribution in [0.3, 0.4) is 0 Å². The van der Waals surface area contributed by atoms with Crippen molar-refractivity contribution in [1.82, 2.24) is 15.4 Å². The SMILES string of the molecule is CCNC(=NCC1(CCOCC)CCCC1)NCCNS(=O)(=O)c1ccc(C)cc1. The van der Waals surface area contributed by atoms with Gasteiger partial charge >= 0.3 is 0 Å². The maximum absolute atomic E-state index is 12.4. The zero-order valence-electron chi connectivity index (χ0n) is 18.7. The molecule has 30 heavy (non-hydrogen) atoms. The van der Waals surface area contributed by atoms with Crippen LogP contribution in [0.5, 0.6) is 0 Å². The van der Waals surface area contributed by atoms with Crippen LogP contribution in [0.25, 0.3) is 0 Å². The molecule has 1 aromatic rings. The van der Waals surface area contributed by atoms with E-state index >= 15 is 0 Å². The van der Waals surface area contributed by atoms with Gasteiger partial charge in [-0.15, -0.1) is 0 Å². The molecule has 1 fully saturated rings. The topological polar surface area (TPSA) is 91.8 Å². The minimum Gasteiger partial charge on any atom is -0.382 e. The molecular formula is C22H38N4O3S. The van der Waals surface area contributed by atoms with Crippen LogP contribution in [0, 0.1) is 12.3 Å². The average molecular weight is 439 g/mol. The fourth-order valence-electron chi connectivity index (χ4n) is 3.80. The van der Waals surface area contributed by atoms with Crippen LogP contribution in [0.2, 0.25) is 0 Å². The minimum absolute atomic E-state index is 0.227. The number of ether oxygens (including phenoxy) is 1. The molecule has 0 radical (unpaired) electrons. The van der Waals surface area contributed by atoms with Gasteiger partial charge in [0, 0.05) is 39.4 Å². The summed E-state index contributed by atoms with van der Waals surface area (Å²) in [7, 11) is -3.50. The van der Waals surface area contributed by atoms with Gasteiger partial charge in [0.25, 0.3) is 0 Å². The summed E-state index contributed by atoms with van der Waals surface area (Å²) < 4.78 is 33.0. The van der Waals surface area contributed by atoms with Gasteiger partial charge < -0.3 is 15.4 Å². The predicted molar refractivity (Wildman–Crippen MR) is 122 cm³/mol. The Labute approximate surface area is 182 Å². The highest BCUT2D eigenvalue weighted by Crippen LogP contribution is 2.41. The van der Waals surface area contributed by atoms with Crippen LogP contribution in [0.4, 0.5) is 0 Å². The Balaban J connectivity index is 1.86. The highest BCUT2D eigenvalue weighted by Gasteiger charge is 2.33. The fourth-order valence-corrected chi connectivity index (χ4v) is 4.83. The monoisotopic (exact) mass is 438 g/mol. The lowest BCUT2D eigenvalue weighted by Crippen LogP contribution is -2.42. The standard InChI is InChI=1S/C22H38N4O3S/c1-4-23-21(25-18-22(12-6-7-13-22)14-17-29-5-2)24-15-16-26-30(27,28)20-10-8-19(3)9-11-20/h8-11,26H,4-7,12-18H2,1-3H3,(H2,23,24,25). The summed E-state index contributed by atoms with van der Waals surface area (Å²) in [5, 5.41) is 6.50. The van der Waals surface area contributed by atoms with Crippen molar-refractivity contribution in [1.29, 1.82) is 0 Å². The Kier molecular flexibility index (Phi) is 10.1. The second-order valence-corrected chi connectivity index (χ2v) is 9.75. The molecule has 1 aliphatic rings. The van der Waals surface area contributed by atoms with Crippen LogP contribution in [0.15, 0.2) is 34.2 Å². The number of aliphatic imine (C=N–C) groups is 1. The third-order valence-corrected chi connectivity index (χ3v) is 7.08. The number of sulfonamides is 1. The summed E-state index contributed by atoms with van der Waals surface area (Å²) in [5.74, 6) is 0.731. The van der Waals surface area contributed by atoms with Gasteiger partial charge in [0.15, 0.2) is 5.96 Å². The van der Waals surface area contributed by atoms with Gasteiger partial charge in [0.1, 0.15) is 0 Å². The molecule has 0 spiro atoms. The van der Waals surface area contributed by atoms with Crippen molar-refractivity contribution in [2.45, 2.75) is 57.8 Å². The molecule has 170 valence electrons. The maximum atomic E-state index is 12.4. The van der Waals surface area contributed by atoms with Crippen LogP contribution in [0.1, 0.15) is 51.5 Å². The molecule has 0 saturated heterocycles. The second-order valence-electron chi connectivity index (χ2n) is 7.99. The lowest BCUT2D eigenvalue weighted by molar-refractivity contribution is 0.107. The molecule has 0 amide bonds. The number of nitrogens with one attached hydrogen (secondary N) is 3. The van der Waals surface area contributed by atoms with Crippen LogP contribution in [-0.4, -0.2) is 53.8 Å². The first-order valence-electron chi connectivity index (χ1n) is 11.1. The molecule has 0 heterocycles. The van der Waals surface area contributed by atoms with E-state index < -0.39 is 10.0 Å². The predicted octanol–water partition coefficient (Wildman–Crippen LogP) is 2.82. The summed E-state index contributed by atoms with van der Waals surface area (Å²) in [6.07, 6.45) is 5.94. The Hall–Kier alpha value is -1.64. The molecule has 2 rings (SSSR count). The highest BCUT2D eigenvalue weighted by atomic mass is 32.2. The van der Waals surface area contributed by atoms with Crippen molar-refractivity contribution < 1.29 is 13.2 Å². The van der Waals surface area contributed by atoms with Gasteiger partial charge in [0.2, 0.25) is 10.0 Å². The number of rotatable bonds is 12. The Morgan fingerprint density at radius 1 is 1.10 bits per heavy atom.